The van der Waals surface area contributed by atoms with Gasteiger partial charge in [0.05, 0.1) is 12.6 Å². The minimum absolute atomic E-state index is 0. The molecule has 1 aliphatic carbocycles. The van der Waals surface area contributed by atoms with Crippen LogP contribution in [0.5, 0.6) is 0 Å². The van der Waals surface area contributed by atoms with Gasteiger partial charge in [0, 0.05) is 6.42 Å². The number of guanidine groups is 1. The molecule has 0 radical (unpaired) electrons. The van der Waals surface area contributed by atoms with Crippen LogP contribution in [0.3, 0.4) is 0 Å². The predicted octanol–water partition coefficient (Wildman–Crippen LogP) is 2.33. The minimum Gasteiger partial charge on any atom is -0.370 e. The number of hydrogen-bond donors (Lipinski definition) is 2. The van der Waals surface area contributed by atoms with E-state index in [0.29, 0.717) is 18.5 Å². The lowest BCUT2D eigenvalue weighted by Crippen LogP contribution is -2.36. The number of nitrogens with two attached hydrogens (primary N) is 1. The monoisotopic (exact) mass is 361 g/mol. The molecule has 0 saturated heterocycles. The Kier molecular flexibility index (Phi) is 5.13. The van der Waals surface area contributed by atoms with Gasteiger partial charge in [0.1, 0.15) is 0 Å². The molecule has 2 rings (SSSR count). The Hall–Kier alpha value is -1.11. The third kappa shape index (κ3) is 3.22. The number of halogens is 2. The Bertz CT molecular complexity index is 435. The smallest absolute Gasteiger partial charge is 0.189 e. The number of aliphatic imine (C=N–C) groups is 1. The SMILES string of the molecule is C=CCN=C(N)NC1CC1(F)c1ccccc1.I. The summed E-state index contributed by atoms with van der Waals surface area (Å²) in [4.78, 5) is 3.98. The van der Waals surface area contributed by atoms with Gasteiger partial charge in [0.25, 0.3) is 0 Å². The van der Waals surface area contributed by atoms with Crippen LogP contribution in [0.2, 0.25) is 0 Å². The number of alkyl halides is 1. The first-order chi connectivity index (χ1) is 8.16. The molecule has 1 aromatic carbocycles. The lowest BCUT2D eigenvalue weighted by Gasteiger charge is -2.09. The molecule has 3 N–H and O–H groups in total. The summed E-state index contributed by atoms with van der Waals surface area (Å²) in [6, 6.07) is 8.84. The quantitative estimate of drug-likeness (QED) is 0.374. The number of nitrogens with zero attached hydrogens (tertiary/aromatic N) is 1. The molecule has 0 aliphatic heterocycles. The summed E-state index contributed by atoms with van der Waals surface area (Å²) in [6.45, 7) is 3.98. The van der Waals surface area contributed by atoms with E-state index < -0.39 is 5.67 Å². The highest BCUT2D eigenvalue weighted by molar-refractivity contribution is 14.0. The van der Waals surface area contributed by atoms with Gasteiger partial charge in [-0.15, -0.1) is 30.6 Å². The van der Waals surface area contributed by atoms with Crippen molar-refractivity contribution >= 4 is 29.9 Å². The predicted molar refractivity (Wildman–Crippen MR) is 82.9 cm³/mol. The highest BCUT2D eigenvalue weighted by atomic mass is 127. The van der Waals surface area contributed by atoms with E-state index >= 15 is 0 Å². The summed E-state index contributed by atoms with van der Waals surface area (Å²) < 4.78 is 14.4. The Labute approximate surface area is 123 Å². The third-order valence-electron chi connectivity index (χ3n) is 2.86. The fourth-order valence-corrected chi connectivity index (χ4v) is 1.82. The maximum atomic E-state index is 14.4. The molecule has 0 amide bonds. The average molecular weight is 361 g/mol. The molecule has 2 unspecified atom stereocenters. The minimum atomic E-state index is -1.31. The van der Waals surface area contributed by atoms with Crippen molar-refractivity contribution in [3.05, 3.63) is 48.6 Å². The van der Waals surface area contributed by atoms with E-state index in [2.05, 4.69) is 16.9 Å². The molecule has 1 saturated carbocycles. The zero-order valence-corrected chi connectivity index (χ0v) is 12.3. The van der Waals surface area contributed by atoms with Gasteiger partial charge < -0.3 is 11.1 Å². The van der Waals surface area contributed by atoms with Gasteiger partial charge in [-0.3, -0.25) is 0 Å². The Morgan fingerprint density at radius 2 is 2.22 bits per heavy atom. The van der Waals surface area contributed by atoms with Gasteiger partial charge in [0.15, 0.2) is 11.6 Å². The van der Waals surface area contributed by atoms with Crippen LogP contribution >= 0.6 is 24.0 Å². The van der Waals surface area contributed by atoms with Gasteiger partial charge in [-0.2, -0.15) is 0 Å². The van der Waals surface area contributed by atoms with E-state index in [1.807, 2.05) is 18.2 Å². The molecular formula is C13H17FIN3. The standard InChI is InChI=1S/C13H16FN3.HI/c1-2-8-16-12(15)17-11-9-13(11,14)10-6-4-3-5-7-10;/h2-7,11H,1,8-9H2,(H3,15,16,17);1H. The van der Waals surface area contributed by atoms with E-state index in [4.69, 9.17) is 5.73 Å². The van der Waals surface area contributed by atoms with Crippen molar-refractivity contribution < 1.29 is 4.39 Å². The summed E-state index contributed by atoms with van der Waals surface area (Å²) in [5.74, 6) is 0.269. The van der Waals surface area contributed by atoms with Crippen molar-refractivity contribution in [3.8, 4) is 0 Å². The van der Waals surface area contributed by atoms with Crippen molar-refractivity contribution in [2.24, 2.45) is 10.7 Å². The molecule has 98 valence electrons. The number of rotatable bonds is 4. The second kappa shape index (κ2) is 6.17. The fraction of sp³-hybridized carbons (Fsp3) is 0.308. The molecule has 5 heteroatoms. The fourth-order valence-electron chi connectivity index (χ4n) is 1.82. The number of nitrogens with one attached hydrogen (secondary N) is 1. The highest BCUT2D eigenvalue weighted by Crippen LogP contribution is 2.49. The van der Waals surface area contributed by atoms with Crippen LogP contribution in [0.25, 0.3) is 0 Å². The maximum absolute atomic E-state index is 14.4. The van der Waals surface area contributed by atoms with E-state index in [1.165, 1.54) is 0 Å². The Morgan fingerprint density at radius 1 is 1.56 bits per heavy atom. The maximum Gasteiger partial charge on any atom is 0.189 e. The summed E-state index contributed by atoms with van der Waals surface area (Å²) >= 11 is 0. The second-order valence-corrected chi connectivity index (χ2v) is 4.14. The molecule has 1 aliphatic rings. The molecule has 1 aromatic rings. The summed E-state index contributed by atoms with van der Waals surface area (Å²) in [5, 5.41) is 2.88. The van der Waals surface area contributed by atoms with Crippen molar-refractivity contribution in [2.45, 2.75) is 18.1 Å². The zero-order chi connectivity index (χ0) is 12.3. The van der Waals surface area contributed by atoms with Gasteiger partial charge in [-0.1, -0.05) is 36.4 Å². The largest absolute Gasteiger partial charge is 0.370 e. The molecule has 3 nitrogen and oxygen atoms in total. The normalized spacial score (nSPS) is 26.1. The van der Waals surface area contributed by atoms with Gasteiger partial charge >= 0.3 is 0 Å². The third-order valence-corrected chi connectivity index (χ3v) is 2.86. The van der Waals surface area contributed by atoms with E-state index in [-0.39, 0.29) is 36.0 Å². The van der Waals surface area contributed by atoms with Crippen LogP contribution in [-0.4, -0.2) is 18.5 Å². The first-order valence-electron chi connectivity index (χ1n) is 5.58. The lowest BCUT2D eigenvalue weighted by molar-refractivity contribution is 0.300. The van der Waals surface area contributed by atoms with Gasteiger partial charge in [-0.25, -0.2) is 9.38 Å². The average Bonchev–Trinajstić information content (AvgIpc) is 3.00. The molecule has 0 bridgehead atoms. The topological polar surface area (TPSA) is 50.4 Å². The van der Waals surface area contributed by atoms with Crippen LogP contribution in [0.15, 0.2) is 48.0 Å². The molecule has 0 heterocycles. The molecule has 0 aromatic heterocycles. The van der Waals surface area contributed by atoms with Crippen LogP contribution < -0.4 is 11.1 Å². The lowest BCUT2D eigenvalue weighted by atomic mass is 10.1. The van der Waals surface area contributed by atoms with Crippen LogP contribution in [-0.2, 0) is 5.67 Å². The second-order valence-electron chi connectivity index (χ2n) is 4.14. The zero-order valence-electron chi connectivity index (χ0n) is 9.97. The summed E-state index contributed by atoms with van der Waals surface area (Å²) in [5.41, 5.74) is 5.00. The molecular weight excluding hydrogens is 344 g/mol. The summed E-state index contributed by atoms with van der Waals surface area (Å²) in [7, 11) is 0. The van der Waals surface area contributed by atoms with Crippen LogP contribution in [0.1, 0.15) is 12.0 Å². The molecule has 1 fully saturated rings. The highest BCUT2D eigenvalue weighted by Gasteiger charge is 2.57. The van der Waals surface area contributed by atoms with Crippen molar-refractivity contribution in [1.82, 2.24) is 5.32 Å². The van der Waals surface area contributed by atoms with Crippen molar-refractivity contribution in [3.63, 3.8) is 0 Å². The first kappa shape index (κ1) is 14.9. The van der Waals surface area contributed by atoms with Gasteiger partial charge in [0.2, 0.25) is 0 Å². The van der Waals surface area contributed by atoms with Crippen LogP contribution in [0, 0.1) is 0 Å². The van der Waals surface area contributed by atoms with E-state index in [9.17, 15) is 4.39 Å². The Balaban J connectivity index is 0.00000162. The molecule has 18 heavy (non-hydrogen) atoms. The Morgan fingerprint density at radius 3 is 2.83 bits per heavy atom. The van der Waals surface area contributed by atoms with E-state index in [1.54, 1.807) is 18.2 Å². The van der Waals surface area contributed by atoms with Gasteiger partial charge in [-0.05, 0) is 5.56 Å². The number of hydrogen-bond acceptors (Lipinski definition) is 1. The molecule has 0 spiro atoms. The van der Waals surface area contributed by atoms with Crippen LogP contribution in [0.4, 0.5) is 4.39 Å². The summed E-state index contributed by atoms with van der Waals surface area (Å²) in [6.07, 6.45) is 2.07. The van der Waals surface area contributed by atoms with E-state index in [0.717, 1.165) is 0 Å². The van der Waals surface area contributed by atoms with Crippen molar-refractivity contribution in [1.29, 1.82) is 0 Å². The number of benzene rings is 1. The first-order valence-corrected chi connectivity index (χ1v) is 5.58. The van der Waals surface area contributed by atoms with Crippen molar-refractivity contribution in [2.75, 3.05) is 6.54 Å². The molecule has 2 atom stereocenters.